The molecule has 4 aromatic rings. The Balaban J connectivity index is 0.000000557. The van der Waals surface area contributed by atoms with Gasteiger partial charge in [0.25, 0.3) is 11.4 Å². The van der Waals surface area contributed by atoms with Crippen molar-refractivity contribution in [3.8, 4) is 22.3 Å². The molecule has 0 radical (unpaired) electrons. The first-order chi connectivity index (χ1) is 19.9. The fraction of sp³-hybridized carbons (Fsp3) is 0.0769. The van der Waals surface area contributed by atoms with E-state index >= 15 is 0 Å². The van der Waals surface area contributed by atoms with Crippen LogP contribution in [0, 0.1) is 20.2 Å². The van der Waals surface area contributed by atoms with Gasteiger partial charge in [0.15, 0.2) is 30.8 Å². The minimum absolute atomic E-state index is 0.0684. The molecular weight excluding hydrogens is 630 g/mol. The summed E-state index contributed by atoms with van der Waals surface area (Å²) in [6.45, 7) is 0. The first kappa shape index (κ1) is 33.0. The van der Waals surface area contributed by atoms with Crippen molar-refractivity contribution in [3.05, 3.63) is 117 Å². The molecule has 0 aromatic heterocycles. The zero-order valence-corrected chi connectivity index (χ0v) is 22.7. The molecule has 0 saturated heterocycles. The monoisotopic (exact) mass is 646 g/mol. The lowest BCUT2D eigenvalue weighted by atomic mass is 10.1. The van der Waals surface area contributed by atoms with Crippen molar-refractivity contribution >= 4 is 32.4 Å². The van der Waals surface area contributed by atoms with Crippen LogP contribution in [0.3, 0.4) is 0 Å². The van der Waals surface area contributed by atoms with Crippen molar-refractivity contribution in [2.24, 2.45) is 0 Å². The molecule has 0 atom stereocenters. The van der Waals surface area contributed by atoms with Crippen LogP contribution in [0.2, 0.25) is 0 Å². The molecule has 0 heterocycles. The van der Waals surface area contributed by atoms with Gasteiger partial charge in [-0.2, -0.15) is 13.2 Å². The molecule has 17 heteroatoms. The fourth-order valence-corrected chi connectivity index (χ4v) is 5.14. The molecule has 0 N–H and O–H groups in total. The van der Waals surface area contributed by atoms with E-state index in [1.807, 2.05) is 0 Å². The number of non-ortho nitro benzene ring substituents is 2. The largest absolute Gasteiger partial charge is 0.741 e. The van der Waals surface area contributed by atoms with Gasteiger partial charge in [-0.05, 0) is 95.1 Å². The van der Waals surface area contributed by atoms with E-state index in [1.54, 1.807) is 48.5 Å². The third-order valence-electron chi connectivity index (χ3n) is 5.52. The van der Waals surface area contributed by atoms with Crippen molar-refractivity contribution in [1.29, 1.82) is 0 Å². The van der Waals surface area contributed by atoms with Gasteiger partial charge >= 0.3 is 11.0 Å². The molecular formula is C26H16F6N2O7S2. The summed E-state index contributed by atoms with van der Waals surface area (Å²) in [7, 11) is -8.29. The van der Waals surface area contributed by atoms with E-state index in [2.05, 4.69) is 0 Å². The molecule has 9 nitrogen and oxygen atoms in total. The lowest BCUT2D eigenvalue weighted by Gasteiger charge is -2.11. The summed E-state index contributed by atoms with van der Waals surface area (Å²) >= 11 is 0. The highest BCUT2D eigenvalue weighted by Crippen LogP contribution is 2.40. The van der Waals surface area contributed by atoms with Gasteiger partial charge in [0.05, 0.1) is 9.85 Å². The Morgan fingerprint density at radius 3 is 0.953 bits per heavy atom. The second kappa shape index (κ2) is 12.8. The molecule has 0 aliphatic carbocycles. The van der Waals surface area contributed by atoms with E-state index in [9.17, 15) is 46.6 Å². The van der Waals surface area contributed by atoms with E-state index < -0.39 is 41.9 Å². The number of nitrogens with zero attached hydrogens (tertiary/aromatic N) is 2. The Hall–Kier alpha value is -4.48. The van der Waals surface area contributed by atoms with Crippen molar-refractivity contribution in [1.82, 2.24) is 0 Å². The Labute approximate surface area is 241 Å². The zero-order valence-electron chi connectivity index (χ0n) is 21.1. The summed E-state index contributed by atoms with van der Waals surface area (Å²) in [4.78, 5) is 20.8. The van der Waals surface area contributed by atoms with Crippen molar-refractivity contribution in [2.75, 3.05) is 0 Å². The van der Waals surface area contributed by atoms with Crippen LogP contribution in [0.25, 0.3) is 22.3 Å². The summed E-state index contributed by atoms with van der Waals surface area (Å²) in [6, 6.07) is 23.5. The van der Waals surface area contributed by atoms with Crippen LogP contribution >= 0.6 is 0 Å². The molecule has 0 bridgehead atoms. The van der Waals surface area contributed by atoms with Gasteiger partial charge in [0, 0.05) is 24.3 Å². The van der Waals surface area contributed by atoms with Crippen LogP contribution in [0.5, 0.6) is 0 Å². The first-order valence-electron chi connectivity index (χ1n) is 11.4. The van der Waals surface area contributed by atoms with Gasteiger partial charge in [-0.3, -0.25) is 20.2 Å². The third kappa shape index (κ3) is 8.52. The standard InChI is InChI=1S/C25H16F3N2O4S.CHF3O3S/c26-25(27,28)35(23-13-5-19(6-14-23)17-1-9-21(10-2-17)29(31)32)24-15-7-20(8-16-24)18-3-11-22(12-4-18)30(33)34;2-1(3,4)8(5,6)7/h1-16H;(H,5,6,7)/q+1;/p-1. The van der Waals surface area contributed by atoms with Crippen LogP contribution in [-0.4, -0.2) is 33.8 Å². The molecule has 226 valence electrons. The second-order valence-corrected chi connectivity index (χ2v) is 11.7. The number of halogens is 6. The van der Waals surface area contributed by atoms with E-state index in [-0.39, 0.29) is 21.2 Å². The van der Waals surface area contributed by atoms with E-state index in [4.69, 9.17) is 13.0 Å². The predicted octanol–water partition coefficient (Wildman–Crippen LogP) is 7.44. The number of benzene rings is 4. The summed E-state index contributed by atoms with van der Waals surface area (Å²) in [5, 5.41) is 21.6. The summed E-state index contributed by atoms with van der Waals surface area (Å²) in [5.74, 6) is 0. The van der Waals surface area contributed by atoms with Crippen molar-refractivity contribution in [3.63, 3.8) is 0 Å². The van der Waals surface area contributed by atoms with Crippen LogP contribution < -0.4 is 0 Å². The topological polar surface area (TPSA) is 143 Å². The Morgan fingerprint density at radius 2 is 0.767 bits per heavy atom. The zero-order chi connectivity index (χ0) is 32.2. The van der Waals surface area contributed by atoms with Gasteiger partial charge in [-0.15, -0.1) is 13.2 Å². The molecule has 0 unspecified atom stereocenters. The fourth-order valence-electron chi connectivity index (χ4n) is 3.52. The molecule has 43 heavy (non-hydrogen) atoms. The Morgan fingerprint density at radius 1 is 0.535 bits per heavy atom. The Bertz CT molecular complexity index is 1590. The minimum Gasteiger partial charge on any atom is -0.741 e. The lowest BCUT2D eigenvalue weighted by Crippen LogP contribution is -2.24. The number of hydrogen-bond donors (Lipinski definition) is 0. The van der Waals surface area contributed by atoms with Gasteiger partial charge in [-0.1, -0.05) is 0 Å². The smallest absolute Gasteiger partial charge is 0.586 e. The second-order valence-electron chi connectivity index (χ2n) is 8.31. The van der Waals surface area contributed by atoms with E-state index in [1.165, 1.54) is 48.5 Å². The number of nitro groups is 2. The van der Waals surface area contributed by atoms with Crippen molar-refractivity contribution in [2.45, 2.75) is 20.8 Å². The normalized spacial score (nSPS) is 11.9. The van der Waals surface area contributed by atoms with Crippen molar-refractivity contribution < 1.29 is 49.2 Å². The Kier molecular flexibility index (Phi) is 9.83. The lowest BCUT2D eigenvalue weighted by molar-refractivity contribution is -0.385. The quantitative estimate of drug-likeness (QED) is 0.0529. The molecule has 0 fully saturated rings. The van der Waals surface area contributed by atoms with Gasteiger partial charge in [0.2, 0.25) is 0 Å². The highest BCUT2D eigenvalue weighted by Gasteiger charge is 2.54. The molecule has 4 aromatic carbocycles. The number of alkyl halides is 6. The number of nitro benzene ring substituents is 2. The third-order valence-corrected chi connectivity index (χ3v) is 8.03. The average Bonchev–Trinajstić information content (AvgIpc) is 2.92. The SMILES string of the molecule is O=S(=O)([O-])C(F)(F)F.O=[N+]([O-])c1ccc(-c2ccc([S+](c3ccc(-c4ccc([N+](=O)[O-])cc4)cc3)C(F)(F)F)cc2)cc1. The summed E-state index contributed by atoms with van der Waals surface area (Å²) in [6.07, 6.45) is 0. The molecule has 4 rings (SSSR count). The van der Waals surface area contributed by atoms with Gasteiger partial charge < -0.3 is 4.55 Å². The average molecular weight is 647 g/mol. The van der Waals surface area contributed by atoms with E-state index in [0.29, 0.717) is 22.3 Å². The van der Waals surface area contributed by atoms with Crippen LogP contribution in [0.15, 0.2) is 107 Å². The molecule has 0 spiro atoms. The summed E-state index contributed by atoms with van der Waals surface area (Å²) < 4.78 is 101. The first-order valence-corrected chi connectivity index (χ1v) is 14.0. The molecule has 0 aliphatic heterocycles. The summed E-state index contributed by atoms with van der Waals surface area (Å²) in [5.41, 5.74) is -7.70. The maximum absolute atomic E-state index is 14.1. The maximum atomic E-state index is 14.1. The predicted molar refractivity (Wildman–Crippen MR) is 143 cm³/mol. The molecule has 0 aliphatic rings. The minimum atomic E-state index is -6.09. The van der Waals surface area contributed by atoms with Gasteiger partial charge in [0.1, 0.15) is 0 Å². The highest BCUT2D eigenvalue weighted by atomic mass is 32.2. The number of hydrogen-bond acceptors (Lipinski definition) is 7. The number of rotatable bonds is 6. The highest BCUT2D eigenvalue weighted by molar-refractivity contribution is 7.97. The van der Waals surface area contributed by atoms with Crippen LogP contribution in [0.1, 0.15) is 0 Å². The molecule has 0 amide bonds. The maximum Gasteiger partial charge on any atom is 0.586 e. The van der Waals surface area contributed by atoms with Crippen LogP contribution in [-0.2, 0) is 21.0 Å². The van der Waals surface area contributed by atoms with Crippen LogP contribution in [0.4, 0.5) is 37.7 Å². The van der Waals surface area contributed by atoms with Gasteiger partial charge in [-0.25, -0.2) is 8.42 Å². The van der Waals surface area contributed by atoms with E-state index in [0.717, 1.165) is 0 Å². The molecule has 0 saturated carbocycles.